The molecule has 11 heteroatoms. The smallest absolute Gasteiger partial charge is 0.248 e. The van der Waals surface area contributed by atoms with Crippen LogP contribution in [0, 0.1) is 5.92 Å². The predicted molar refractivity (Wildman–Crippen MR) is 159 cm³/mol. The number of amides is 3. The summed E-state index contributed by atoms with van der Waals surface area (Å²) in [5, 5.41) is 10.9. The van der Waals surface area contributed by atoms with Crippen molar-refractivity contribution < 1.29 is 28.7 Å². The van der Waals surface area contributed by atoms with Crippen LogP contribution in [-0.2, 0) is 25.5 Å². The number of primary amides is 1. The van der Waals surface area contributed by atoms with Crippen molar-refractivity contribution in [2.45, 2.75) is 76.1 Å². The van der Waals surface area contributed by atoms with E-state index in [-0.39, 0.29) is 12.2 Å². The molecule has 2 heterocycles. The van der Waals surface area contributed by atoms with Crippen molar-refractivity contribution in [3.05, 3.63) is 59.8 Å². The van der Waals surface area contributed by atoms with E-state index in [9.17, 15) is 19.2 Å². The molecule has 1 aliphatic carbocycles. The first kappa shape index (κ1) is 30.2. The van der Waals surface area contributed by atoms with Crippen LogP contribution in [0.5, 0.6) is 5.75 Å². The number of aromatic nitrogens is 2. The van der Waals surface area contributed by atoms with Crippen molar-refractivity contribution in [3.8, 4) is 5.75 Å². The molecule has 0 bridgehead atoms. The maximum Gasteiger partial charge on any atom is 0.248 e. The van der Waals surface area contributed by atoms with Gasteiger partial charge in [0.05, 0.1) is 31.5 Å². The lowest BCUT2D eigenvalue weighted by atomic mass is 9.90. The molecule has 43 heavy (non-hydrogen) atoms. The molecule has 1 saturated heterocycles. The molecular formula is C32H39N5O6. The molecule has 228 valence electrons. The van der Waals surface area contributed by atoms with Gasteiger partial charge in [-0.25, -0.2) is 0 Å². The van der Waals surface area contributed by atoms with Crippen LogP contribution in [-0.4, -0.2) is 64.7 Å². The van der Waals surface area contributed by atoms with Gasteiger partial charge in [-0.05, 0) is 62.1 Å². The predicted octanol–water partition coefficient (Wildman–Crippen LogP) is 2.86. The maximum atomic E-state index is 13.9. The number of nitrogens with one attached hydrogen (secondary N) is 2. The fraction of sp³-hybridized carbons (Fsp3) is 0.469. The molecule has 2 aliphatic rings. The van der Waals surface area contributed by atoms with E-state index in [0.29, 0.717) is 41.2 Å². The first-order valence-electron chi connectivity index (χ1n) is 14.8. The van der Waals surface area contributed by atoms with Crippen LogP contribution in [0.3, 0.4) is 0 Å². The van der Waals surface area contributed by atoms with E-state index in [2.05, 4.69) is 15.7 Å². The second-order valence-corrected chi connectivity index (χ2v) is 11.8. The van der Waals surface area contributed by atoms with Crippen molar-refractivity contribution in [2.24, 2.45) is 11.7 Å². The Morgan fingerprint density at radius 2 is 1.74 bits per heavy atom. The van der Waals surface area contributed by atoms with E-state index in [1.165, 1.54) is 4.68 Å². The van der Waals surface area contributed by atoms with Gasteiger partial charge >= 0.3 is 0 Å². The number of hydrogen-bond donors (Lipinski definition) is 3. The third-order valence-corrected chi connectivity index (χ3v) is 8.63. The van der Waals surface area contributed by atoms with E-state index in [1.807, 2.05) is 12.1 Å². The Hall–Kier alpha value is -4.25. The Labute approximate surface area is 250 Å². The number of carbonyl (C=O) groups is 4. The summed E-state index contributed by atoms with van der Waals surface area (Å²) < 4.78 is 12.2. The highest BCUT2D eigenvalue weighted by Crippen LogP contribution is 2.33. The lowest BCUT2D eigenvalue weighted by Crippen LogP contribution is -2.55. The van der Waals surface area contributed by atoms with E-state index < -0.39 is 41.4 Å². The monoisotopic (exact) mass is 589 g/mol. The van der Waals surface area contributed by atoms with Crippen LogP contribution in [0.4, 0.5) is 0 Å². The third kappa shape index (κ3) is 6.88. The summed E-state index contributed by atoms with van der Waals surface area (Å²) in [6.45, 7) is 3.77. The van der Waals surface area contributed by atoms with Crippen LogP contribution < -0.4 is 21.1 Å². The average molecular weight is 590 g/mol. The SMILES string of the molecule is COc1ccc(C[C@H](NC(=O)[C@@H](C)n2ncc3cc(C(N)=O)ccc32)C(=O)N[C@@H](CC2CCCC2)C(=O)[C@@]2(C)CO2)cc1. The normalized spacial score (nSPS) is 20.3. The summed E-state index contributed by atoms with van der Waals surface area (Å²) in [5.41, 5.74) is 6.32. The quantitative estimate of drug-likeness (QED) is 0.259. The summed E-state index contributed by atoms with van der Waals surface area (Å²) in [7, 11) is 1.58. The Kier molecular flexibility index (Phi) is 8.82. The fourth-order valence-corrected chi connectivity index (χ4v) is 5.83. The largest absolute Gasteiger partial charge is 0.497 e. The zero-order valence-corrected chi connectivity index (χ0v) is 24.8. The number of rotatable bonds is 13. The Balaban J connectivity index is 1.37. The number of hydrogen-bond acceptors (Lipinski definition) is 7. The van der Waals surface area contributed by atoms with Gasteiger partial charge in [0, 0.05) is 17.4 Å². The summed E-state index contributed by atoms with van der Waals surface area (Å²) in [6.07, 6.45) is 6.61. The van der Waals surface area contributed by atoms with Gasteiger partial charge in [0.1, 0.15) is 23.4 Å². The van der Waals surface area contributed by atoms with Crippen LogP contribution in [0.2, 0.25) is 0 Å². The molecular weight excluding hydrogens is 550 g/mol. The Bertz CT molecular complexity index is 1510. The van der Waals surface area contributed by atoms with Crippen molar-refractivity contribution in [1.82, 2.24) is 20.4 Å². The van der Waals surface area contributed by atoms with Crippen LogP contribution in [0.1, 0.15) is 67.9 Å². The minimum atomic E-state index is -0.960. The third-order valence-electron chi connectivity index (χ3n) is 8.63. The number of epoxide rings is 1. The number of fused-ring (bicyclic) bond motifs is 1. The van der Waals surface area contributed by atoms with Crippen LogP contribution in [0.25, 0.3) is 10.9 Å². The molecule has 3 amide bonds. The highest BCUT2D eigenvalue weighted by atomic mass is 16.6. The minimum absolute atomic E-state index is 0.131. The topological polar surface area (TPSA) is 158 Å². The Morgan fingerprint density at radius 1 is 1.07 bits per heavy atom. The minimum Gasteiger partial charge on any atom is -0.497 e. The number of ether oxygens (including phenoxy) is 2. The molecule has 2 aromatic carbocycles. The molecule has 3 aromatic rings. The molecule has 2 fully saturated rings. The zero-order valence-electron chi connectivity index (χ0n) is 24.8. The molecule has 0 unspecified atom stereocenters. The first-order chi connectivity index (χ1) is 20.6. The molecule has 4 atom stereocenters. The standard InChI is InChI=1S/C32H39N5O6/c1-19(37-27-13-10-22(29(33)39)16-23(27)17-34-37)30(40)36-26(15-21-8-11-24(42-3)12-9-21)31(41)35-25(14-20-6-4-5-7-20)28(38)32(2)18-43-32/h8-13,16-17,19-20,25-26H,4-7,14-15,18H2,1-3H3,(H2,33,39)(H,35,41)(H,36,40)/t19-,25+,26+,32-/m1/s1. The number of carbonyl (C=O) groups excluding carboxylic acids is 4. The Morgan fingerprint density at radius 3 is 2.37 bits per heavy atom. The van der Waals surface area contributed by atoms with Gasteiger partial charge in [-0.15, -0.1) is 0 Å². The van der Waals surface area contributed by atoms with Gasteiger partial charge in [0.25, 0.3) is 0 Å². The van der Waals surface area contributed by atoms with Gasteiger partial charge in [-0.2, -0.15) is 5.10 Å². The van der Waals surface area contributed by atoms with E-state index in [0.717, 1.165) is 31.2 Å². The summed E-state index contributed by atoms with van der Waals surface area (Å²) in [5.74, 6) is -0.516. The number of benzene rings is 2. The first-order valence-corrected chi connectivity index (χ1v) is 14.8. The highest BCUT2D eigenvalue weighted by Gasteiger charge is 2.50. The van der Waals surface area contributed by atoms with E-state index >= 15 is 0 Å². The number of ketones is 1. The zero-order chi connectivity index (χ0) is 30.7. The van der Waals surface area contributed by atoms with Gasteiger partial charge in [0.2, 0.25) is 17.7 Å². The summed E-state index contributed by atoms with van der Waals surface area (Å²) in [4.78, 5) is 52.4. The van der Waals surface area contributed by atoms with Crippen molar-refractivity contribution in [2.75, 3.05) is 13.7 Å². The number of Topliss-reactive ketones (excluding diaryl/α,β-unsaturated/α-hetero) is 1. The molecule has 11 nitrogen and oxygen atoms in total. The second kappa shape index (κ2) is 12.5. The van der Waals surface area contributed by atoms with Gasteiger partial charge in [0.15, 0.2) is 5.78 Å². The second-order valence-electron chi connectivity index (χ2n) is 11.8. The fourth-order valence-electron chi connectivity index (χ4n) is 5.83. The highest BCUT2D eigenvalue weighted by molar-refractivity contribution is 5.99. The van der Waals surface area contributed by atoms with Crippen molar-refractivity contribution >= 4 is 34.4 Å². The molecule has 0 radical (unpaired) electrons. The van der Waals surface area contributed by atoms with Gasteiger partial charge < -0.3 is 25.8 Å². The van der Waals surface area contributed by atoms with Gasteiger partial charge in [-0.3, -0.25) is 23.9 Å². The maximum absolute atomic E-state index is 13.9. The van der Waals surface area contributed by atoms with Crippen LogP contribution in [0.15, 0.2) is 48.7 Å². The molecule has 1 aliphatic heterocycles. The number of nitrogens with two attached hydrogens (primary N) is 1. The summed E-state index contributed by atoms with van der Waals surface area (Å²) >= 11 is 0. The average Bonchev–Trinajstić information content (AvgIpc) is 3.35. The van der Waals surface area contributed by atoms with E-state index in [1.54, 1.807) is 57.5 Å². The lowest BCUT2D eigenvalue weighted by molar-refractivity contribution is -0.133. The molecule has 1 saturated carbocycles. The van der Waals surface area contributed by atoms with Crippen molar-refractivity contribution in [3.63, 3.8) is 0 Å². The molecule has 1 aromatic heterocycles. The lowest BCUT2D eigenvalue weighted by Gasteiger charge is -2.26. The van der Waals surface area contributed by atoms with Crippen LogP contribution >= 0.6 is 0 Å². The number of methoxy groups -OCH3 is 1. The van der Waals surface area contributed by atoms with E-state index in [4.69, 9.17) is 15.2 Å². The molecule has 4 N–H and O–H groups in total. The number of nitrogens with zero attached hydrogens (tertiary/aromatic N) is 2. The van der Waals surface area contributed by atoms with Gasteiger partial charge in [-0.1, -0.05) is 37.8 Å². The molecule has 0 spiro atoms. The summed E-state index contributed by atoms with van der Waals surface area (Å²) in [6, 6.07) is 9.72. The molecule has 5 rings (SSSR count). The van der Waals surface area contributed by atoms with Crippen molar-refractivity contribution in [1.29, 1.82) is 0 Å².